The molecule has 0 aliphatic carbocycles. The van der Waals surface area contributed by atoms with Crippen molar-refractivity contribution in [2.75, 3.05) is 24.2 Å². The second-order valence-corrected chi connectivity index (χ2v) is 4.67. The maximum atomic E-state index is 8.71. The van der Waals surface area contributed by atoms with Crippen LogP contribution in [0.3, 0.4) is 0 Å². The van der Waals surface area contributed by atoms with Gasteiger partial charge in [-0.1, -0.05) is 25.0 Å². The monoisotopic (exact) mass is 259 g/mol. The van der Waals surface area contributed by atoms with E-state index in [2.05, 4.69) is 10.3 Å². The van der Waals surface area contributed by atoms with Crippen LogP contribution in [0.4, 0.5) is 11.4 Å². The summed E-state index contributed by atoms with van der Waals surface area (Å²) in [6, 6.07) is 7.84. The number of pyridine rings is 1. The number of nitrogen functional groups attached to an aromatic ring is 1. The third-order valence-electron chi connectivity index (χ3n) is 3.20. The molecule has 0 fully saturated rings. The minimum absolute atomic E-state index is 0.293. The Morgan fingerprint density at radius 3 is 2.79 bits per heavy atom. The maximum absolute atomic E-state index is 8.71. The molecule has 2 aromatic rings. The van der Waals surface area contributed by atoms with Crippen molar-refractivity contribution in [3.63, 3.8) is 0 Å². The van der Waals surface area contributed by atoms with Crippen LogP contribution in [-0.4, -0.2) is 23.2 Å². The second-order valence-electron chi connectivity index (χ2n) is 4.67. The average molecular weight is 259 g/mol. The zero-order chi connectivity index (χ0) is 13.5. The van der Waals surface area contributed by atoms with Crippen LogP contribution in [0.15, 0.2) is 30.5 Å². The van der Waals surface area contributed by atoms with Crippen LogP contribution in [0, 0.1) is 0 Å². The molecule has 102 valence electrons. The van der Waals surface area contributed by atoms with Gasteiger partial charge in [-0.05, 0) is 25.0 Å². The molecular weight excluding hydrogens is 238 g/mol. The Bertz CT molecular complexity index is 528. The smallest absolute Gasteiger partial charge is 0.0951 e. The molecule has 0 saturated carbocycles. The van der Waals surface area contributed by atoms with Gasteiger partial charge in [0.15, 0.2) is 0 Å². The topological polar surface area (TPSA) is 71.2 Å². The van der Waals surface area contributed by atoms with Gasteiger partial charge in [0.2, 0.25) is 0 Å². The fraction of sp³-hybridized carbons (Fsp3) is 0.400. The van der Waals surface area contributed by atoms with E-state index in [0.717, 1.165) is 48.8 Å². The van der Waals surface area contributed by atoms with Crippen LogP contribution < -0.4 is 11.1 Å². The van der Waals surface area contributed by atoms with E-state index in [1.54, 1.807) is 6.20 Å². The number of para-hydroxylation sites is 1. The first-order valence-corrected chi connectivity index (χ1v) is 6.81. The van der Waals surface area contributed by atoms with Gasteiger partial charge in [-0.15, -0.1) is 0 Å². The van der Waals surface area contributed by atoms with Crippen molar-refractivity contribution >= 4 is 22.3 Å². The Balaban J connectivity index is 1.95. The molecule has 1 aromatic carbocycles. The first-order chi connectivity index (χ1) is 9.33. The number of nitrogens with two attached hydrogens (primary N) is 1. The highest BCUT2D eigenvalue weighted by atomic mass is 16.2. The summed E-state index contributed by atoms with van der Waals surface area (Å²) in [6.07, 6.45) is 6.01. The van der Waals surface area contributed by atoms with Gasteiger partial charge >= 0.3 is 0 Å². The molecule has 0 saturated heterocycles. The number of aliphatic hydroxyl groups excluding tert-OH is 1. The lowest BCUT2D eigenvalue weighted by Crippen LogP contribution is -2.03. The molecule has 0 aliphatic heterocycles. The molecule has 4 nitrogen and oxygen atoms in total. The zero-order valence-corrected chi connectivity index (χ0v) is 11.1. The van der Waals surface area contributed by atoms with E-state index in [9.17, 15) is 0 Å². The molecule has 0 aliphatic rings. The van der Waals surface area contributed by atoms with Crippen molar-refractivity contribution in [3.05, 3.63) is 30.5 Å². The Kier molecular flexibility index (Phi) is 4.98. The molecular formula is C15H21N3O. The summed E-state index contributed by atoms with van der Waals surface area (Å²) in [4.78, 5) is 4.32. The number of unbranched alkanes of at least 4 members (excludes halogenated alkanes) is 3. The van der Waals surface area contributed by atoms with Crippen molar-refractivity contribution in [2.45, 2.75) is 25.7 Å². The number of aliphatic hydroxyl groups is 1. The number of benzene rings is 1. The van der Waals surface area contributed by atoms with Crippen molar-refractivity contribution < 1.29 is 5.11 Å². The standard InChI is InChI=1S/C15H21N3O/c16-13-7-5-6-12-14(8-10-18-15(12)13)17-9-3-1-2-4-11-19/h5-8,10,19H,1-4,9,11,16H2,(H,17,18). The van der Waals surface area contributed by atoms with E-state index in [4.69, 9.17) is 10.8 Å². The molecule has 0 atom stereocenters. The van der Waals surface area contributed by atoms with Gasteiger partial charge in [-0.3, -0.25) is 4.98 Å². The Morgan fingerprint density at radius 2 is 1.95 bits per heavy atom. The molecule has 19 heavy (non-hydrogen) atoms. The number of rotatable bonds is 7. The number of aromatic nitrogens is 1. The zero-order valence-electron chi connectivity index (χ0n) is 11.1. The quantitative estimate of drug-likeness (QED) is 0.528. The first kappa shape index (κ1) is 13.6. The fourth-order valence-electron chi connectivity index (χ4n) is 2.17. The van der Waals surface area contributed by atoms with E-state index in [-0.39, 0.29) is 0 Å². The average Bonchev–Trinajstić information content (AvgIpc) is 2.43. The Morgan fingerprint density at radius 1 is 1.11 bits per heavy atom. The summed E-state index contributed by atoms with van der Waals surface area (Å²) in [5, 5.41) is 13.2. The van der Waals surface area contributed by atoms with E-state index >= 15 is 0 Å². The molecule has 4 heteroatoms. The summed E-state index contributed by atoms with van der Waals surface area (Å²) in [6.45, 7) is 1.22. The van der Waals surface area contributed by atoms with Crippen molar-refractivity contribution in [1.29, 1.82) is 0 Å². The lowest BCUT2D eigenvalue weighted by atomic mass is 10.1. The van der Waals surface area contributed by atoms with Crippen LogP contribution in [-0.2, 0) is 0 Å². The fourth-order valence-corrected chi connectivity index (χ4v) is 2.17. The van der Waals surface area contributed by atoms with Crippen LogP contribution in [0.2, 0.25) is 0 Å². The lowest BCUT2D eigenvalue weighted by molar-refractivity contribution is 0.283. The Labute approximate surface area is 113 Å². The maximum Gasteiger partial charge on any atom is 0.0951 e. The van der Waals surface area contributed by atoms with E-state index in [1.165, 1.54) is 0 Å². The molecule has 0 unspecified atom stereocenters. The van der Waals surface area contributed by atoms with Crippen molar-refractivity contribution in [3.8, 4) is 0 Å². The van der Waals surface area contributed by atoms with Gasteiger partial charge in [0.25, 0.3) is 0 Å². The number of fused-ring (bicyclic) bond motifs is 1. The van der Waals surface area contributed by atoms with Crippen LogP contribution in [0.25, 0.3) is 10.9 Å². The third kappa shape index (κ3) is 3.58. The molecule has 2 rings (SSSR count). The summed E-state index contributed by atoms with van der Waals surface area (Å²) >= 11 is 0. The van der Waals surface area contributed by atoms with Gasteiger partial charge in [0, 0.05) is 30.4 Å². The van der Waals surface area contributed by atoms with E-state index < -0.39 is 0 Å². The minimum Gasteiger partial charge on any atom is -0.397 e. The SMILES string of the molecule is Nc1cccc2c(NCCCCCCO)ccnc12. The summed E-state index contributed by atoms with van der Waals surface area (Å²) in [7, 11) is 0. The van der Waals surface area contributed by atoms with Gasteiger partial charge in [0.05, 0.1) is 11.2 Å². The summed E-state index contributed by atoms with van der Waals surface area (Å²) in [5.41, 5.74) is 8.57. The summed E-state index contributed by atoms with van der Waals surface area (Å²) in [5.74, 6) is 0. The van der Waals surface area contributed by atoms with Gasteiger partial charge in [-0.25, -0.2) is 0 Å². The Hall–Kier alpha value is -1.81. The molecule has 4 N–H and O–H groups in total. The molecule has 0 spiro atoms. The second kappa shape index (κ2) is 6.95. The van der Waals surface area contributed by atoms with Crippen molar-refractivity contribution in [1.82, 2.24) is 4.98 Å². The van der Waals surface area contributed by atoms with Crippen LogP contribution in [0.1, 0.15) is 25.7 Å². The summed E-state index contributed by atoms with van der Waals surface area (Å²) < 4.78 is 0. The van der Waals surface area contributed by atoms with Crippen LogP contribution >= 0.6 is 0 Å². The van der Waals surface area contributed by atoms with Gasteiger partial charge in [0.1, 0.15) is 0 Å². The van der Waals surface area contributed by atoms with Gasteiger partial charge in [-0.2, -0.15) is 0 Å². The normalized spacial score (nSPS) is 10.8. The molecule has 0 amide bonds. The minimum atomic E-state index is 0.293. The first-order valence-electron chi connectivity index (χ1n) is 6.81. The highest BCUT2D eigenvalue weighted by Crippen LogP contribution is 2.25. The molecule has 0 bridgehead atoms. The predicted octanol–water partition coefficient (Wildman–Crippen LogP) is 2.78. The highest BCUT2D eigenvalue weighted by Gasteiger charge is 2.03. The molecule has 1 heterocycles. The number of hydrogen-bond donors (Lipinski definition) is 3. The molecule has 1 aromatic heterocycles. The number of anilines is 2. The van der Waals surface area contributed by atoms with E-state index in [0.29, 0.717) is 12.3 Å². The predicted molar refractivity (Wildman–Crippen MR) is 80.2 cm³/mol. The number of hydrogen-bond acceptors (Lipinski definition) is 4. The van der Waals surface area contributed by atoms with Crippen molar-refractivity contribution in [2.24, 2.45) is 0 Å². The highest BCUT2D eigenvalue weighted by molar-refractivity contribution is 5.97. The number of nitrogens with one attached hydrogen (secondary N) is 1. The lowest BCUT2D eigenvalue weighted by Gasteiger charge is -2.10. The number of nitrogens with zero attached hydrogens (tertiary/aromatic N) is 1. The van der Waals surface area contributed by atoms with Gasteiger partial charge < -0.3 is 16.2 Å². The third-order valence-corrected chi connectivity index (χ3v) is 3.20. The molecule has 0 radical (unpaired) electrons. The van der Waals surface area contributed by atoms with E-state index in [1.807, 2.05) is 24.3 Å². The van der Waals surface area contributed by atoms with Crippen LogP contribution in [0.5, 0.6) is 0 Å². The largest absolute Gasteiger partial charge is 0.397 e.